The van der Waals surface area contributed by atoms with Crippen LogP contribution < -0.4 is 0 Å². The first-order chi connectivity index (χ1) is 11.5. The van der Waals surface area contributed by atoms with Crippen LogP contribution in [-0.4, -0.2) is 75.7 Å². The van der Waals surface area contributed by atoms with E-state index in [2.05, 4.69) is 15.0 Å². The van der Waals surface area contributed by atoms with Gasteiger partial charge in [-0.05, 0) is 26.8 Å². The van der Waals surface area contributed by atoms with Crippen LogP contribution in [0.2, 0.25) is 0 Å². The largest absolute Gasteiger partial charge is 0.377 e. The van der Waals surface area contributed by atoms with Gasteiger partial charge in [0.2, 0.25) is 0 Å². The molecule has 0 radical (unpaired) electrons. The number of rotatable bonds is 5. The maximum atomic E-state index is 12.8. The molecule has 0 N–H and O–H groups in total. The number of carbonyl (C=O) groups excluding carboxylic acids is 1. The van der Waals surface area contributed by atoms with Crippen LogP contribution in [-0.2, 0) is 4.74 Å². The molecule has 0 aliphatic carbocycles. The lowest BCUT2D eigenvalue weighted by molar-refractivity contribution is 0.0407. The van der Waals surface area contributed by atoms with Gasteiger partial charge in [-0.15, -0.1) is 0 Å². The molecule has 0 unspecified atom stereocenters. The summed E-state index contributed by atoms with van der Waals surface area (Å²) in [5.41, 5.74) is 2.09. The predicted molar refractivity (Wildman–Crippen MR) is 91.2 cm³/mol. The summed E-state index contributed by atoms with van der Waals surface area (Å²) < 4.78 is 7.25. The Morgan fingerprint density at radius 1 is 1.29 bits per heavy atom. The van der Waals surface area contributed by atoms with Crippen molar-refractivity contribution in [2.24, 2.45) is 0 Å². The molecule has 0 bridgehead atoms. The molecular formula is C17H25N5O2. The number of amides is 1. The Hall–Kier alpha value is -1.99. The van der Waals surface area contributed by atoms with Gasteiger partial charge in [0.15, 0.2) is 5.65 Å². The van der Waals surface area contributed by atoms with E-state index < -0.39 is 0 Å². The molecule has 3 rings (SSSR count). The van der Waals surface area contributed by atoms with Gasteiger partial charge in [0.05, 0.1) is 18.9 Å². The zero-order valence-electron chi connectivity index (χ0n) is 14.6. The predicted octanol–water partition coefficient (Wildman–Crippen LogP) is 1.22. The van der Waals surface area contributed by atoms with E-state index in [4.69, 9.17) is 4.74 Å². The Bertz CT molecular complexity index is 704. The molecule has 3 heterocycles. The SMILES string of the molecule is Cc1ccn2ncc(C(=O)N3CCN(CCOC(C)C)CC3)c2n1. The average Bonchev–Trinajstić information content (AvgIpc) is 2.97. The molecule has 7 heteroatoms. The number of hydrogen-bond donors (Lipinski definition) is 0. The number of nitrogens with zero attached hydrogens (tertiary/aromatic N) is 5. The summed E-state index contributed by atoms with van der Waals surface area (Å²) >= 11 is 0. The van der Waals surface area contributed by atoms with Crippen LogP contribution in [0.25, 0.3) is 5.65 Å². The lowest BCUT2D eigenvalue weighted by Gasteiger charge is -2.34. The molecule has 1 saturated heterocycles. The summed E-state index contributed by atoms with van der Waals surface area (Å²) in [7, 11) is 0. The van der Waals surface area contributed by atoms with Crippen molar-refractivity contribution in [1.82, 2.24) is 24.4 Å². The maximum absolute atomic E-state index is 12.8. The van der Waals surface area contributed by atoms with E-state index in [1.807, 2.05) is 37.9 Å². The van der Waals surface area contributed by atoms with E-state index in [9.17, 15) is 4.79 Å². The van der Waals surface area contributed by atoms with Gasteiger partial charge in [-0.2, -0.15) is 5.10 Å². The molecule has 0 atom stereocenters. The first-order valence-corrected chi connectivity index (χ1v) is 8.49. The molecule has 24 heavy (non-hydrogen) atoms. The first kappa shape index (κ1) is 16.9. The van der Waals surface area contributed by atoms with Gasteiger partial charge in [-0.3, -0.25) is 9.69 Å². The van der Waals surface area contributed by atoms with Crippen LogP contribution in [0, 0.1) is 6.92 Å². The topological polar surface area (TPSA) is 63.0 Å². The Balaban J connectivity index is 1.59. The number of aryl methyl sites for hydroxylation is 1. The molecule has 1 aliphatic rings. The Morgan fingerprint density at radius 2 is 2.04 bits per heavy atom. The van der Waals surface area contributed by atoms with Crippen molar-refractivity contribution < 1.29 is 9.53 Å². The number of carbonyl (C=O) groups is 1. The van der Waals surface area contributed by atoms with E-state index >= 15 is 0 Å². The van der Waals surface area contributed by atoms with Crippen molar-refractivity contribution in [3.63, 3.8) is 0 Å². The highest BCUT2D eigenvalue weighted by Gasteiger charge is 2.24. The molecule has 2 aromatic heterocycles. The lowest BCUT2D eigenvalue weighted by Crippen LogP contribution is -2.49. The Morgan fingerprint density at radius 3 is 2.75 bits per heavy atom. The second-order valence-corrected chi connectivity index (χ2v) is 6.45. The van der Waals surface area contributed by atoms with E-state index in [1.54, 1.807) is 10.7 Å². The Labute approximate surface area is 142 Å². The van der Waals surface area contributed by atoms with Crippen molar-refractivity contribution in [3.05, 3.63) is 29.7 Å². The number of fused-ring (bicyclic) bond motifs is 1. The number of piperazine rings is 1. The number of ether oxygens (including phenoxy) is 1. The summed E-state index contributed by atoms with van der Waals surface area (Å²) in [5, 5.41) is 4.23. The van der Waals surface area contributed by atoms with Gasteiger partial charge in [0, 0.05) is 44.6 Å². The highest BCUT2D eigenvalue weighted by Crippen LogP contribution is 2.13. The summed E-state index contributed by atoms with van der Waals surface area (Å²) in [6.07, 6.45) is 3.72. The van der Waals surface area contributed by atoms with Gasteiger partial charge in [0.1, 0.15) is 5.56 Å². The molecule has 7 nitrogen and oxygen atoms in total. The van der Waals surface area contributed by atoms with Crippen LogP contribution >= 0.6 is 0 Å². The van der Waals surface area contributed by atoms with Crippen LogP contribution in [0.4, 0.5) is 0 Å². The molecule has 1 amide bonds. The second-order valence-electron chi connectivity index (χ2n) is 6.45. The van der Waals surface area contributed by atoms with Crippen LogP contribution in [0.3, 0.4) is 0 Å². The molecule has 130 valence electrons. The van der Waals surface area contributed by atoms with Gasteiger partial charge in [0.25, 0.3) is 5.91 Å². The quantitative estimate of drug-likeness (QED) is 0.824. The van der Waals surface area contributed by atoms with Gasteiger partial charge in [-0.1, -0.05) is 0 Å². The van der Waals surface area contributed by atoms with Crippen LogP contribution in [0.5, 0.6) is 0 Å². The molecule has 0 saturated carbocycles. The van der Waals surface area contributed by atoms with Crippen molar-refractivity contribution >= 4 is 11.6 Å². The van der Waals surface area contributed by atoms with E-state index in [0.29, 0.717) is 11.2 Å². The third-order valence-electron chi connectivity index (χ3n) is 4.26. The fraction of sp³-hybridized carbons (Fsp3) is 0.588. The number of aromatic nitrogens is 3. The zero-order chi connectivity index (χ0) is 17.1. The summed E-state index contributed by atoms with van der Waals surface area (Å²) in [5.74, 6) is 0.0150. The van der Waals surface area contributed by atoms with E-state index in [1.165, 1.54) is 0 Å². The maximum Gasteiger partial charge on any atom is 0.259 e. The zero-order valence-corrected chi connectivity index (χ0v) is 14.6. The molecule has 0 spiro atoms. The lowest BCUT2D eigenvalue weighted by atomic mass is 10.2. The molecule has 0 aromatic carbocycles. The van der Waals surface area contributed by atoms with Gasteiger partial charge >= 0.3 is 0 Å². The third-order valence-corrected chi connectivity index (χ3v) is 4.26. The summed E-state index contributed by atoms with van der Waals surface area (Å²) in [4.78, 5) is 21.5. The fourth-order valence-electron chi connectivity index (χ4n) is 2.87. The number of hydrogen-bond acceptors (Lipinski definition) is 5. The van der Waals surface area contributed by atoms with E-state index in [-0.39, 0.29) is 12.0 Å². The minimum atomic E-state index is 0.0150. The molecule has 1 fully saturated rings. The molecule has 1 aliphatic heterocycles. The summed E-state index contributed by atoms with van der Waals surface area (Å²) in [6.45, 7) is 10.9. The minimum Gasteiger partial charge on any atom is -0.377 e. The van der Waals surface area contributed by atoms with Crippen LogP contribution in [0.15, 0.2) is 18.5 Å². The van der Waals surface area contributed by atoms with Crippen molar-refractivity contribution in [2.45, 2.75) is 26.9 Å². The fourth-order valence-corrected chi connectivity index (χ4v) is 2.87. The third kappa shape index (κ3) is 3.73. The highest BCUT2D eigenvalue weighted by molar-refractivity contribution is 5.99. The molecule has 2 aromatic rings. The highest BCUT2D eigenvalue weighted by atomic mass is 16.5. The van der Waals surface area contributed by atoms with Crippen molar-refractivity contribution in [2.75, 3.05) is 39.3 Å². The van der Waals surface area contributed by atoms with Crippen molar-refractivity contribution in [3.8, 4) is 0 Å². The first-order valence-electron chi connectivity index (χ1n) is 8.49. The average molecular weight is 331 g/mol. The van der Waals surface area contributed by atoms with E-state index in [0.717, 1.165) is 45.0 Å². The van der Waals surface area contributed by atoms with Crippen molar-refractivity contribution in [1.29, 1.82) is 0 Å². The normalized spacial score (nSPS) is 16.2. The van der Waals surface area contributed by atoms with Crippen LogP contribution in [0.1, 0.15) is 29.9 Å². The monoisotopic (exact) mass is 331 g/mol. The summed E-state index contributed by atoms with van der Waals surface area (Å²) in [6, 6.07) is 1.88. The smallest absolute Gasteiger partial charge is 0.259 e. The van der Waals surface area contributed by atoms with Gasteiger partial charge in [-0.25, -0.2) is 9.50 Å². The van der Waals surface area contributed by atoms with Gasteiger partial charge < -0.3 is 9.64 Å². The standard InChI is InChI=1S/C17H25N5O2/c1-13(2)24-11-10-20-6-8-21(9-7-20)17(23)15-12-18-22-5-4-14(3)19-16(15)22/h4-5,12-13H,6-11H2,1-3H3. The minimum absolute atomic E-state index is 0.0150. The Kier molecular flexibility index (Phi) is 5.11. The second kappa shape index (κ2) is 7.27. The molecular weight excluding hydrogens is 306 g/mol.